The number of allylic oxidation sites excluding steroid dienone is 3. The molecule has 0 saturated carbocycles. The van der Waals surface area contributed by atoms with Crippen LogP contribution in [0.4, 0.5) is 0 Å². The van der Waals surface area contributed by atoms with Crippen LogP contribution in [0.1, 0.15) is 316 Å². The second-order valence-corrected chi connectivity index (χ2v) is 22.8. The van der Waals surface area contributed by atoms with Gasteiger partial charge in [0.15, 0.2) is 6.29 Å². The van der Waals surface area contributed by atoms with E-state index in [1.165, 1.54) is 225 Å². The minimum Gasteiger partial charge on any atom is -0.466 e. The first-order chi connectivity index (χ1) is 37.2. The summed E-state index contributed by atoms with van der Waals surface area (Å²) in [6.45, 7) is 4.33. The number of esters is 1. The van der Waals surface area contributed by atoms with Crippen molar-refractivity contribution in [1.82, 2.24) is 5.32 Å². The second kappa shape index (κ2) is 55.1. The van der Waals surface area contributed by atoms with Crippen molar-refractivity contribution >= 4 is 11.9 Å². The van der Waals surface area contributed by atoms with Crippen LogP contribution in [-0.4, -0.2) is 100 Å². The Morgan fingerprint density at radius 3 is 1.26 bits per heavy atom. The molecule has 1 aliphatic rings. The van der Waals surface area contributed by atoms with Crippen molar-refractivity contribution in [1.29, 1.82) is 0 Å². The molecule has 1 rings (SSSR count). The molecule has 0 aliphatic carbocycles. The maximum absolute atomic E-state index is 13.0. The quantitative estimate of drug-likeness (QED) is 0.0195. The molecular formula is C65H123NO10. The fraction of sp³-hybridized carbons (Fsp3) is 0.908. The van der Waals surface area contributed by atoms with E-state index in [0.29, 0.717) is 19.4 Å². The number of hydrogen-bond acceptors (Lipinski definition) is 10. The lowest BCUT2D eigenvalue weighted by molar-refractivity contribution is -0.302. The van der Waals surface area contributed by atoms with Gasteiger partial charge in [-0.1, -0.05) is 269 Å². The molecule has 7 unspecified atom stereocenters. The molecule has 0 radical (unpaired) electrons. The zero-order chi connectivity index (χ0) is 55.2. The number of carbonyl (C=O) groups is 2. The number of unbranched alkanes of at least 4 members (excludes halogenated alkanes) is 41. The lowest BCUT2D eigenvalue weighted by Crippen LogP contribution is -2.60. The summed E-state index contributed by atoms with van der Waals surface area (Å²) in [5, 5.41) is 54.2. The highest BCUT2D eigenvalue weighted by Crippen LogP contribution is 2.23. The van der Waals surface area contributed by atoms with Gasteiger partial charge in [-0.05, 0) is 57.8 Å². The molecule has 1 saturated heterocycles. The summed E-state index contributed by atoms with van der Waals surface area (Å²) in [7, 11) is 0. The largest absolute Gasteiger partial charge is 0.466 e. The highest BCUT2D eigenvalue weighted by molar-refractivity contribution is 5.76. The molecular weight excluding hydrogens is 955 g/mol. The van der Waals surface area contributed by atoms with E-state index in [-0.39, 0.29) is 18.5 Å². The summed E-state index contributed by atoms with van der Waals surface area (Å²) in [4.78, 5) is 25.1. The first-order valence-electron chi connectivity index (χ1n) is 32.6. The molecule has 448 valence electrons. The topological polar surface area (TPSA) is 175 Å². The summed E-state index contributed by atoms with van der Waals surface area (Å²) in [6.07, 6.45) is 57.3. The Labute approximate surface area is 467 Å². The van der Waals surface area contributed by atoms with Gasteiger partial charge in [-0.25, -0.2) is 0 Å². The summed E-state index contributed by atoms with van der Waals surface area (Å²) < 4.78 is 16.7. The number of aliphatic hydroxyl groups excluding tert-OH is 5. The minimum atomic E-state index is -1.57. The maximum Gasteiger partial charge on any atom is 0.305 e. The smallest absolute Gasteiger partial charge is 0.305 e. The van der Waals surface area contributed by atoms with Crippen molar-refractivity contribution < 1.29 is 49.3 Å². The van der Waals surface area contributed by atoms with Crippen molar-refractivity contribution in [2.75, 3.05) is 19.8 Å². The van der Waals surface area contributed by atoms with Gasteiger partial charge in [0.1, 0.15) is 24.4 Å². The lowest BCUT2D eigenvalue weighted by atomic mass is 9.99. The minimum absolute atomic E-state index is 0.00453. The van der Waals surface area contributed by atoms with E-state index in [9.17, 15) is 35.1 Å². The number of ether oxygens (including phenoxy) is 3. The average molecular weight is 1080 g/mol. The predicted molar refractivity (Wildman–Crippen MR) is 315 cm³/mol. The van der Waals surface area contributed by atoms with Crippen molar-refractivity contribution in [2.45, 2.75) is 358 Å². The third kappa shape index (κ3) is 44.0. The Morgan fingerprint density at radius 2 is 0.842 bits per heavy atom. The molecule has 0 aromatic carbocycles. The van der Waals surface area contributed by atoms with Gasteiger partial charge in [0, 0.05) is 12.8 Å². The summed E-state index contributed by atoms with van der Waals surface area (Å²) in [5.41, 5.74) is 0. The van der Waals surface area contributed by atoms with Crippen LogP contribution in [0.3, 0.4) is 0 Å². The van der Waals surface area contributed by atoms with Crippen LogP contribution in [0.25, 0.3) is 0 Å². The van der Waals surface area contributed by atoms with Crippen LogP contribution >= 0.6 is 0 Å². The van der Waals surface area contributed by atoms with Gasteiger partial charge in [-0.3, -0.25) is 9.59 Å². The Kier molecular flexibility index (Phi) is 52.3. The van der Waals surface area contributed by atoms with Gasteiger partial charge in [-0.15, -0.1) is 0 Å². The fourth-order valence-electron chi connectivity index (χ4n) is 10.4. The molecule has 7 atom stereocenters. The number of rotatable bonds is 57. The molecule has 0 spiro atoms. The van der Waals surface area contributed by atoms with Gasteiger partial charge in [0.05, 0.1) is 32.0 Å². The van der Waals surface area contributed by atoms with Crippen molar-refractivity contribution in [3.05, 3.63) is 24.3 Å². The first kappa shape index (κ1) is 72.2. The van der Waals surface area contributed by atoms with Crippen LogP contribution in [-0.2, 0) is 23.8 Å². The highest BCUT2D eigenvalue weighted by atomic mass is 16.7. The van der Waals surface area contributed by atoms with E-state index in [0.717, 1.165) is 64.2 Å². The Balaban J connectivity index is 1.96. The van der Waals surface area contributed by atoms with Crippen LogP contribution in [0.5, 0.6) is 0 Å². The summed E-state index contributed by atoms with van der Waals surface area (Å²) in [6, 6.07) is -0.811. The number of carbonyl (C=O) groups excluding carboxylic acids is 2. The Morgan fingerprint density at radius 1 is 0.474 bits per heavy atom. The van der Waals surface area contributed by atoms with E-state index in [4.69, 9.17) is 14.2 Å². The van der Waals surface area contributed by atoms with Crippen LogP contribution in [0.15, 0.2) is 24.3 Å². The van der Waals surface area contributed by atoms with Gasteiger partial charge in [-0.2, -0.15) is 0 Å². The van der Waals surface area contributed by atoms with Gasteiger partial charge < -0.3 is 45.1 Å². The van der Waals surface area contributed by atoms with E-state index in [2.05, 4.69) is 31.3 Å². The van der Waals surface area contributed by atoms with Gasteiger partial charge >= 0.3 is 5.97 Å². The van der Waals surface area contributed by atoms with Crippen molar-refractivity contribution in [3.63, 3.8) is 0 Å². The molecule has 1 fully saturated rings. The van der Waals surface area contributed by atoms with Crippen LogP contribution < -0.4 is 5.32 Å². The standard InChI is InChI=1S/C65H123NO10/c1-3-5-7-9-11-13-14-15-26-30-33-37-41-45-49-53-61(70)74-54-50-46-42-38-34-31-28-25-23-21-19-17-16-18-20-22-24-27-29-32-36-40-44-48-52-60(69)66-57(58(68)51-47-43-39-35-12-10-8-6-4-2)56-75-65-64(73)63(72)62(71)59(55-67)76-65/h18,20,47,51,57-59,62-65,67-68,71-73H,3-17,19,21-46,48-50,52-56H2,1-2H3,(H,66,69)/b20-18-,51-47+. The van der Waals surface area contributed by atoms with Crippen molar-refractivity contribution in [2.24, 2.45) is 0 Å². The van der Waals surface area contributed by atoms with Crippen LogP contribution in [0, 0.1) is 0 Å². The molecule has 11 heteroatoms. The highest BCUT2D eigenvalue weighted by Gasteiger charge is 2.44. The maximum atomic E-state index is 13.0. The summed E-state index contributed by atoms with van der Waals surface area (Å²) >= 11 is 0. The third-order valence-electron chi connectivity index (χ3n) is 15.6. The number of hydrogen-bond donors (Lipinski definition) is 6. The predicted octanol–water partition coefficient (Wildman–Crippen LogP) is 15.7. The summed E-state index contributed by atoms with van der Waals surface area (Å²) in [5.74, 6) is -0.183. The third-order valence-corrected chi connectivity index (χ3v) is 15.6. The Hall–Kier alpha value is -1.86. The zero-order valence-electron chi connectivity index (χ0n) is 49.5. The second-order valence-electron chi connectivity index (χ2n) is 22.8. The SMILES string of the molecule is CCCCCCCCC/C=C/C(O)C(COC1OC(CO)C(O)C(O)C1O)NC(=O)CCCCCCCCCC/C=C\CCCCCCCCCCCCCCOC(=O)CCCCCCCCCCCCCCCCC. The van der Waals surface area contributed by atoms with Gasteiger partial charge in [0.2, 0.25) is 5.91 Å². The monoisotopic (exact) mass is 1080 g/mol. The van der Waals surface area contributed by atoms with Crippen molar-refractivity contribution in [3.8, 4) is 0 Å². The van der Waals surface area contributed by atoms with E-state index < -0.39 is 49.5 Å². The van der Waals surface area contributed by atoms with Gasteiger partial charge in [0.25, 0.3) is 0 Å². The van der Waals surface area contributed by atoms with Crippen LogP contribution in [0.2, 0.25) is 0 Å². The molecule has 1 heterocycles. The number of aliphatic hydroxyl groups is 5. The molecule has 0 aromatic rings. The molecule has 1 aliphatic heterocycles. The fourth-order valence-corrected chi connectivity index (χ4v) is 10.4. The van der Waals surface area contributed by atoms with E-state index in [1.54, 1.807) is 6.08 Å². The number of nitrogens with one attached hydrogen (secondary N) is 1. The molecule has 76 heavy (non-hydrogen) atoms. The molecule has 1 amide bonds. The zero-order valence-corrected chi connectivity index (χ0v) is 49.5. The molecule has 0 bridgehead atoms. The Bertz CT molecular complexity index is 1310. The first-order valence-corrected chi connectivity index (χ1v) is 32.6. The molecule has 11 nitrogen and oxygen atoms in total. The van der Waals surface area contributed by atoms with E-state index >= 15 is 0 Å². The molecule has 6 N–H and O–H groups in total. The lowest BCUT2D eigenvalue weighted by Gasteiger charge is -2.40. The number of amides is 1. The normalized spacial score (nSPS) is 18.8. The van der Waals surface area contributed by atoms with E-state index in [1.807, 2.05) is 6.08 Å². The average Bonchev–Trinajstić information content (AvgIpc) is 3.42. The molecule has 0 aromatic heterocycles.